The van der Waals surface area contributed by atoms with Crippen LogP contribution >= 0.6 is 0 Å². The molecule has 0 unspecified atom stereocenters. The highest BCUT2D eigenvalue weighted by molar-refractivity contribution is 5.33. The second kappa shape index (κ2) is 4.19. The van der Waals surface area contributed by atoms with Crippen LogP contribution in [0.3, 0.4) is 0 Å². The van der Waals surface area contributed by atoms with E-state index in [2.05, 4.69) is 11.3 Å². The van der Waals surface area contributed by atoms with E-state index in [4.69, 9.17) is 5.73 Å². The molecule has 1 rings (SSSR count). The lowest BCUT2D eigenvalue weighted by Gasteiger charge is -2.15. The minimum absolute atomic E-state index is 0.0832. The van der Waals surface area contributed by atoms with E-state index in [0.29, 0.717) is 11.6 Å². The third-order valence-corrected chi connectivity index (χ3v) is 1.68. The quantitative estimate of drug-likeness (QED) is 0.755. The summed E-state index contributed by atoms with van der Waals surface area (Å²) in [4.78, 5) is 0. The van der Waals surface area contributed by atoms with E-state index in [0.717, 1.165) is 0 Å². The topological polar surface area (TPSA) is 35.2 Å². The largest absolute Gasteiger partial charge is 0.429 e. The highest BCUT2D eigenvalue weighted by atomic mass is 19.3. The van der Waals surface area contributed by atoms with Crippen LogP contribution < -0.4 is 10.5 Å². The van der Waals surface area contributed by atoms with Gasteiger partial charge in [-0.25, -0.2) is 0 Å². The monoisotopic (exact) mass is 199 g/mol. The molecule has 0 bridgehead atoms. The van der Waals surface area contributed by atoms with Crippen LogP contribution in [0.25, 0.3) is 0 Å². The molecule has 2 nitrogen and oxygen atoms in total. The van der Waals surface area contributed by atoms with Gasteiger partial charge in [-0.05, 0) is 6.07 Å². The number of para-hydroxylation sites is 1. The first-order valence-corrected chi connectivity index (χ1v) is 4.07. The molecule has 0 aliphatic rings. The molecular formula is C10H11F2NO. The lowest BCUT2D eigenvalue weighted by molar-refractivity contribution is -0.131. The summed E-state index contributed by atoms with van der Waals surface area (Å²) in [5.74, 6) is 0.0832. The van der Waals surface area contributed by atoms with Gasteiger partial charge in [-0.3, -0.25) is 0 Å². The number of hydrogen-bond donors (Lipinski definition) is 1. The molecule has 0 aliphatic heterocycles. The molecule has 2 N–H and O–H groups in total. The number of rotatable bonds is 4. The van der Waals surface area contributed by atoms with Crippen LogP contribution in [0, 0.1) is 0 Å². The van der Waals surface area contributed by atoms with E-state index in [1.165, 1.54) is 6.07 Å². The maximum Gasteiger partial charge on any atom is 0.419 e. The average Bonchev–Trinajstić information content (AvgIpc) is 2.18. The number of hydrogen-bond acceptors (Lipinski definition) is 2. The van der Waals surface area contributed by atoms with Gasteiger partial charge in [-0.2, -0.15) is 8.78 Å². The van der Waals surface area contributed by atoms with E-state index in [1.807, 2.05) is 0 Å². The molecule has 76 valence electrons. The standard InChI is InChI=1S/C10H11F2NO/c1-2-10(11,12)14-9-6-4-3-5-8(9)7-13/h2-6H,1,7,13H2. The van der Waals surface area contributed by atoms with Crippen LogP contribution in [-0.2, 0) is 6.54 Å². The van der Waals surface area contributed by atoms with Gasteiger partial charge in [0, 0.05) is 18.2 Å². The minimum Gasteiger partial charge on any atom is -0.429 e. The van der Waals surface area contributed by atoms with Crippen molar-refractivity contribution < 1.29 is 13.5 Å². The van der Waals surface area contributed by atoms with Crippen molar-refractivity contribution in [1.82, 2.24) is 0 Å². The Hall–Kier alpha value is -1.42. The molecule has 1 aromatic rings. The van der Waals surface area contributed by atoms with Gasteiger partial charge in [-0.15, -0.1) is 0 Å². The summed E-state index contributed by atoms with van der Waals surface area (Å²) in [5.41, 5.74) is 5.90. The molecule has 0 amide bonds. The van der Waals surface area contributed by atoms with Gasteiger partial charge in [0.25, 0.3) is 0 Å². The zero-order valence-corrected chi connectivity index (χ0v) is 7.54. The number of halogens is 2. The van der Waals surface area contributed by atoms with Gasteiger partial charge in [0.1, 0.15) is 5.75 Å². The fraction of sp³-hybridized carbons (Fsp3) is 0.200. The predicted octanol–water partition coefficient (Wildman–Crippen LogP) is 2.30. The van der Waals surface area contributed by atoms with Crippen molar-refractivity contribution in [1.29, 1.82) is 0 Å². The van der Waals surface area contributed by atoms with E-state index < -0.39 is 6.11 Å². The first kappa shape index (κ1) is 10.7. The van der Waals surface area contributed by atoms with Crippen molar-refractivity contribution in [2.45, 2.75) is 12.7 Å². The van der Waals surface area contributed by atoms with Crippen LogP contribution in [-0.4, -0.2) is 6.11 Å². The van der Waals surface area contributed by atoms with Crippen molar-refractivity contribution in [2.75, 3.05) is 0 Å². The molecule has 4 heteroatoms. The molecule has 14 heavy (non-hydrogen) atoms. The summed E-state index contributed by atoms with van der Waals surface area (Å²) in [6.07, 6.45) is -2.91. The minimum atomic E-state index is -3.36. The Balaban J connectivity index is 2.90. The molecule has 0 radical (unpaired) electrons. The van der Waals surface area contributed by atoms with Gasteiger partial charge in [0.2, 0.25) is 0 Å². The summed E-state index contributed by atoms with van der Waals surface area (Å²) in [6.45, 7) is 3.13. The molecule has 0 saturated heterocycles. The van der Waals surface area contributed by atoms with Gasteiger partial charge in [-0.1, -0.05) is 24.8 Å². The van der Waals surface area contributed by atoms with Crippen molar-refractivity contribution in [3.8, 4) is 5.75 Å². The Bertz CT molecular complexity index is 326. The van der Waals surface area contributed by atoms with Gasteiger partial charge >= 0.3 is 6.11 Å². The SMILES string of the molecule is C=CC(F)(F)Oc1ccccc1CN. The Morgan fingerprint density at radius 1 is 1.43 bits per heavy atom. The molecule has 0 heterocycles. The summed E-state index contributed by atoms with van der Waals surface area (Å²) >= 11 is 0. The molecule has 0 spiro atoms. The predicted molar refractivity (Wildman–Crippen MR) is 50.1 cm³/mol. The lowest BCUT2D eigenvalue weighted by Crippen LogP contribution is -2.21. The summed E-state index contributed by atoms with van der Waals surface area (Å²) in [7, 11) is 0. The Morgan fingerprint density at radius 3 is 2.64 bits per heavy atom. The van der Waals surface area contributed by atoms with Crippen molar-refractivity contribution >= 4 is 0 Å². The Labute approximate surface area is 81.0 Å². The Morgan fingerprint density at radius 2 is 2.07 bits per heavy atom. The van der Waals surface area contributed by atoms with Crippen molar-refractivity contribution in [3.63, 3.8) is 0 Å². The zero-order valence-electron chi connectivity index (χ0n) is 7.54. The van der Waals surface area contributed by atoms with Gasteiger partial charge in [0.05, 0.1) is 0 Å². The van der Waals surface area contributed by atoms with Crippen molar-refractivity contribution in [2.24, 2.45) is 5.73 Å². The third kappa shape index (κ3) is 2.53. The van der Waals surface area contributed by atoms with Crippen LogP contribution in [0.15, 0.2) is 36.9 Å². The number of alkyl halides is 2. The average molecular weight is 199 g/mol. The van der Waals surface area contributed by atoms with E-state index in [1.54, 1.807) is 18.2 Å². The highest BCUT2D eigenvalue weighted by Crippen LogP contribution is 2.25. The highest BCUT2D eigenvalue weighted by Gasteiger charge is 2.27. The van der Waals surface area contributed by atoms with Gasteiger partial charge in [0.15, 0.2) is 0 Å². The summed E-state index contributed by atoms with van der Waals surface area (Å²) < 4.78 is 30.0. The molecular weight excluding hydrogens is 188 g/mol. The zero-order chi connectivity index (χ0) is 10.6. The maximum atomic E-state index is 12.8. The van der Waals surface area contributed by atoms with E-state index in [-0.39, 0.29) is 12.3 Å². The fourth-order valence-corrected chi connectivity index (χ4v) is 0.960. The van der Waals surface area contributed by atoms with Crippen LogP contribution in [0.2, 0.25) is 0 Å². The lowest BCUT2D eigenvalue weighted by atomic mass is 10.2. The Kier molecular flexibility index (Phi) is 3.19. The van der Waals surface area contributed by atoms with E-state index in [9.17, 15) is 8.78 Å². The number of nitrogens with two attached hydrogens (primary N) is 1. The fourth-order valence-electron chi connectivity index (χ4n) is 0.960. The molecule has 0 fully saturated rings. The smallest absolute Gasteiger partial charge is 0.419 e. The molecule has 0 aliphatic carbocycles. The maximum absolute atomic E-state index is 12.8. The third-order valence-electron chi connectivity index (χ3n) is 1.68. The van der Waals surface area contributed by atoms with Crippen LogP contribution in [0.1, 0.15) is 5.56 Å². The molecule has 0 atom stereocenters. The summed E-state index contributed by atoms with van der Waals surface area (Å²) in [5, 5.41) is 0. The normalized spacial score (nSPS) is 11.1. The molecule has 1 aromatic carbocycles. The summed E-state index contributed by atoms with van der Waals surface area (Å²) in [6, 6.07) is 6.39. The second-order valence-corrected chi connectivity index (χ2v) is 2.68. The van der Waals surface area contributed by atoms with E-state index >= 15 is 0 Å². The first-order valence-electron chi connectivity index (χ1n) is 4.07. The number of benzene rings is 1. The van der Waals surface area contributed by atoms with Crippen LogP contribution in [0.5, 0.6) is 5.75 Å². The van der Waals surface area contributed by atoms with Gasteiger partial charge < -0.3 is 10.5 Å². The first-order chi connectivity index (χ1) is 6.59. The molecule has 0 saturated carbocycles. The second-order valence-electron chi connectivity index (χ2n) is 2.68. The van der Waals surface area contributed by atoms with Crippen LogP contribution in [0.4, 0.5) is 8.78 Å². The van der Waals surface area contributed by atoms with Crippen molar-refractivity contribution in [3.05, 3.63) is 42.5 Å². The number of ether oxygens (including phenoxy) is 1. The molecule has 0 aromatic heterocycles.